The van der Waals surface area contributed by atoms with E-state index in [0.29, 0.717) is 23.5 Å². The molecule has 0 spiro atoms. The normalized spacial score (nSPS) is 10.9. The van der Waals surface area contributed by atoms with Gasteiger partial charge in [0.15, 0.2) is 0 Å². The third kappa shape index (κ3) is 6.91. The molecule has 0 aliphatic rings. The SMILES string of the molecule is CCOc1ccc(C(=O)Nc2cc(C(=O)OC)cc(C(=O)OC)c2)cc1COc1ccccc1C(C)(C)C. The molecule has 3 rings (SSSR count). The monoisotopic (exact) mass is 519 g/mol. The number of esters is 2. The zero-order valence-electron chi connectivity index (χ0n) is 22.5. The van der Waals surface area contributed by atoms with Crippen molar-refractivity contribution in [2.45, 2.75) is 39.7 Å². The molecule has 3 aromatic rings. The molecule has 0 saturated heterocycles. The molecule has 1 N–H and O–H groups in total. The first-order valence-electron chi connectivity index (χ1n) is 12.2. The van der Waals surface area contributed by atoms with Crippen LogP contribution in [0.5, 0.6) is 11.5 Å². The van der Waals surface area contributed by atoms with Crippen molar-refractivity contribution < 1.29 is 33.3 Å². The Bertz CT molecular complexity index is 1290. The van der Waals surface area contributed by atoms with Gasteiger partial charge >= 0.3 is 11.9 Å². The number of ether oxygens (including phenoxy) is 4. The average Bonchev–Trinajstić information content (AvgIpc) is 2.91. The maximum atomic E-state index is 13.2. The van der Waals surface area contributed by atoms with E-state index in [1.165, 1.54) is 32.4 Å². The highest BCUT2D eigenvalue weighted by Gasteiger charge is 2.20. The second kappa shape index (κ2) is 12.3. The average molecular weight is 520 g/mol. The predicted octanol–water partition coefficient (Wildman–Crippen LogP) is 5.79. The molecular weight excluding hydrogens is 486 g/mol. The third-order valence-corrected chi connectivity index (χ3v) is 5.73. The molecule has 0 aliphatic heterocycles. The Hall–Kier alpha value is -4.33. The van der Waals surface area contributed by atoms with Crippen LogP contribution in [0.1, 0.15) is 69.9 Å². The van der Waals surface area contributed by atoms with Gasteiger partial charge in [-0.2, -0.15) is 0 Å². The maximum Gasteiger partial charge on any atom is 0.337 e. The second-order valence-electron chi connectivity index (χ2n) is 9.53. The molecule has 0 fully saturated rings. The summed E-state index contributed by atoms with van der Waals surface area (Å²) >= 11 is 0. The highest BCUT2D eigenvalue weighted by Crippen LogP contribution is 2.32. The van der Waals surface area contributed by atoms with Crippen molar-refractivity contribution in [3.8, 4) is 11.5 Å². The summed E-state index contributed by atoms with van der Waals surface area (Å²) in [6.07, 6.45) is 0. The summed E-state index contributed by atoms with van der Waals surface area (Å²) in [5.41, 5.74) is 2.44. The lowest BCUT2D eigenvalue weighted by Crippen LogP contribution is -2.15. The highest BCUT2D eigenvalue weighted by molar-refractivity contribution is 6.06. The summed E-state index contributed by atoms with van der Waals surface area (Å²) in [7, 11) is 2.46. The molecule has 200 valence electrons. The van der Waals surface area contributed by atoms with E-state index in [2.05, 4.69) is 26.1 Å². The summed E-state index contributed by atoms with van der Waals surface area (Å²) in [6.45, 7) is 8.88. The van der Waals surface area contributed by atoms with E-state index in [1.54, 1.807) is 18.2 Å². The fraction of sp³-hybridized carbons (Fsp3) is 0.300. The van der Waals surface area contributed by atoms with Crippen molar-refractivity contribution in [1.29, 1.82) is 0 Å². The first-order chi connectivity index (χ1) is 18.1. The number of hydrogen-bond donors (Lipinski definition) is 1. The van der Waals surface area contributed by atoms with Crippen molar-refractivity contribution in [3.63, 3.8) is 0 Å². The number of hydrogen-bond acceptors (Lipinski definition) is 7. The number of carbonyl (C=O) groups is 3. The molecule has 0 heterocycles. The first-order valence-corrected chi connectivity index (χ1v) is 12.2. The Morgan fingerprint density at radius 2 is 1.39 bits per heavy atom. The molecule has 1 amide bonds. The number of carbonyl (C=O) groups excluding carboxylic acids is 3. The Kier molecular flexibility index (Phi) is 9.12. The Morgan fingerprint density at radius 1 is 0.763 bits per heavy atom. The fourth-order valence-corrected chi connectivity index (χ4v) is 3.87. The number of amides is 1. The van der Waals surface area contributed by atoms with Crippen molar-refractivity contribution in [1.82, 2.24) is 0 Å². The van der Waals surface area contributed by atoms with Gasteiger partial charge in [0, 0.05) is 16.8 Å². The van der Waals surface area contributed by atoms with E-state index in [0.717, 1.165) is 11.3 Å². The minimum Gasteiger partial charge on any atom is -0.493 e. The summed E-state index contributed by atoms with van der Waals surface area (Å²) in [5.74, 6) is -0.378. The lowest BCUT2D eigenvalue weighted by atomic mass is 9.86. The summed E-state index contributed by atoms with van der Waals surface area (Å²) in [4.78, 5) is 37.3. The minimum atomic E-state index is -0.651. The molecule has 0 saturated carbocycles. The Balaban J connectivity index is 1.89. The molecule has 8 heteroatoms. The molecule has 0 aromatic heterocycles. The standard InChI is InChI=1S/C30H33NO7/c1-7-37-25-13-12-19(14-22(25)18-38-26-11-9-8-10-24(26)30(2,3)4)27(32)31-23-16-20(28(33)35-5)15-21(17-23)29(34)36-6/h8-17H,7,18H2,1-6H3,(H,31,32). The van der Waals surface area contributed by atoms with E-state index in [1.807, 2.05) is 31.2 Å². The van der Waals surface area contributed by atoms with Crippen LogP contribution in [0.15, 0.2) is 60.7 Å². The molecule has 3 aromatic carbocycles. The quantitative estimate of drug-likeness (QED) is 0.357. The van der Waals surface area contributed by atoms with Crippen LogP contribution in [0.4, 0.5) is 5.69 Å². The van der Waals surface area contributed by atoms with Crippen LogP contribution in [0.25, 0.3) is 0 Å². The molecule has 38 heavy (non-hydrogen) atoms. The molecule has 0 unspecified atom stereocenters. The summed E-state index contributed by atoms with van der Waals surface area (Å²) in [5, 5.41) is 2.74. The Morgan fingerprint density at radius 3 is 1.97 bits per heavy atom. The smallest absolute Gasteiger partial charge is 0.337 e. The highest BCUT2D eigenvalue weighted by atomic mass is 16.5. The molecular formula is C30H33NO7. The molecule has 8 nitrogen and oxygen atoms in total. The van der Waals surface area contributed by atoms with Crippen LogP contribution in [-0.2, 0) is 21.5 Å². The Labute approximate surface area is 222 Å². The maximum absolute atomic E-state index is 13.2. The molecule has 0 aliphatic carbocycles. The number of methoxy groups -OCH3 is 2. The largest absolute Gasteiger partial charge is 0.493 e. The van der Waals surface area contributed by atoms with E-state index in [-0.39, 0.29) is 28.8 Å². The van der Waals surface area contributed by atoms with Gasteiger partial charge in [-0.3, -0.25) is 4.79 Å². The van der Waals surface area contributed by atoms with Gasteiger partial charge < -0.3 is 24.3 Å². The van der Waals surface area contributed by atoms with Crippen LogP contribution in [0.2, 0.25) is 0 Å². The van der Waals surface area contributed by atoms with Crippen LogP contribution in [0, 0.1) is 0 Å². The third-order valence-electron chi connectivity index (χ3n) is 5.73. The number of para-hydroxylation sites is 1. The van der Waals surface area contributed by atoms with Crippen LogP contribution < -0.4 is 14.8 Å². The van der Waals surface area contributed by atoms with Crippen molar-refractivity contribution in [3.05, 3.63) is 88.5 Å². The molecule has 0 bridgehead atoms. The van der Waals surface area contributed by atoms with Gasteiger partial charge in [0.2, 0.25) is 0 Å². The minimum absolute atomic E-state index is 0.101. The topological polar surface area (TPSA) is 100 Å². The lowest BCUT2D eigenvalue weighted by Gasteiger charge is -2.23. The van der Waals surface area contributed by atoms with Gasteiger partial charge in [-0.05, 0) is 60.4 Å². The van der Waals surface area contributed by atoms with Crippen molar-refractivity contribution in [2.75, 3.05) is 26.1 Å². The van der Waals surface area contributed by atoms with E-state index in [9.17, 15) is 14.4 Å². The van der Waals surface area contributed by atoms with Gasteiger partial charge in [0.25, 0.3) is 5.91 Å². The van der Waals surface area contributed by atoms with Gasteiger partial charge in [0.1, 0.15) is 18.1 Å². The van der Waals surface area contributed by atoms with Gasteiger partial charge in [0.05, 0.1) is 32.0 Å². The number of nitrogens with one attached hydrogen (secondary N) is 1. The van der Waals surface area contributed by atoms with Crippen LogP contribution >= 0.6 is 0 Å². The van der Waals surface area contributed by atoms with Gasteiger partial charge in [-0.15, -0.1) is 0 Å². The van der Waals surface area contributed by atoms with Crippen LogP contribution in [-0.4, -0.2) is 38.7 Å². The fourth-order valence-electron chi connectivity index (χ4n) is 3.87. The first kappa shape index (κ1) is 28.2. The van der Waals surface area contributed by atoms with Crippen molar-refractivity contribution in [2.24, 2.45) is 0 Å². The van der Waals surface area contributed by atoms with Gasteiger partial charge in [-0.25, -0.2) is 9.59 Å². The van der Waals surface area contributed by atoms with Gasteiger partial charge in [-0.1, -0.05) is 39.0 Å². The lowest BCUT2D eigenvalue weighted by molar-refractivity contribution is 0.0598. The zero-order valence-corrected chi connectivity index (χ0v) is 22.5. The second-order valence-corrected chi connectivity index (χ2v) is 9.53. The van der Waals surface area contributed by atoms with Crippen LogP contribution in [0.3, 0.4) is 0 Å². The van der Waals surface area contributed by atoms with Crippen molar-refractivity contribution >= 4 is 23.5 Å². The van der Waals surface area contributed by atoms with E-state index in [4.69, 9.17) is 18.9 Å². The number of anilines is 1. The number of benzene rings is 3. The molecule has 0 atom stereocenters. The van der Waals surface area contributed by atoms with E-state index < -0.39 is 17.8 Å². The summed E-state index contributed by atoms with van der Waals surface area (Å²) in [6, 6.07) is 17.1. The zero-order chi connectivity index (χ0) is 27.9. The number of rotatable bonds is 9. The van der Waals surface area contributed by atoms with E-state index >= 15 is 0 Å². The predicted molar refractivity (Wildman–Crippen MR) is 144 cm³/mol. The molecule has 0 radical (unpaired) electrons. The summed E-state index contributed by atoms with van der Waals surface area (Å²) < 4.78 is 21.5.